The quantitative estimate of drug-likeness (QED) is 0.601. The number of aryl methyl sites for hydroxylation is 1. The summed E-state index contributed by atoms with van der Waals surface area (Å²) < 4.78 is 1.47. The lowest BCUT2D eigenvalue weighted by atomic mass is 10.2. The van der Waals surface area contributed by atoms with Gasteiger partial charge in [-0.05, 0) is 12.5 Å². The molecule has 1 amide bonds. The summed E-state index contributed by atoms with van der Waals surface area (Å²) in [5.74, 6) is -0.508. The number of anilines is 1. The molecule has 124 valence electrons. The van der Waals surface area contributed by atoms with Crippen LogP contribution >= 0.6 is 22.7 Å². The van der Waals surface area contributed by atoms with Crippen LogP contribution in [-0.2, 0) is 0 Å². The van der Waals surface area contributed by atoms with E-state index in [1.165, 1.54) is 33.3 Å². The monoisotopic (exact) mass is 368 g/mol. The number of nitrogens with one attached hydrogen (secondary N) is 1. The van der Waals surface area contributed by atoms with Gasteiger partial charge in [0.25, 0.3) is 11.5 Å². The molecule has 8 heteroatoms. The number of carbonyl (C=O) groups is 1. The summed E-state index contributed by atoms with van der Waals surface area (Å²) in [5.41, 5.74) is 2.02. The number of fused-ring (bicyclic) bond motifs is 1. The zero-order valence-corrected chi connectivity index (χ0v) is 14.7. The van der Waals surface area contributed by atoms with Crippen LogP contribution in [0.3, 0.4) is 0 Å². The average molecular weight is 368 g/mol. The Labute approximate surface area is 150 Å². The molecule has 0 radical (unpaired) electrons. The maximum absolute atomic E-state index is 12.9. The smallest absolute Gasteiger partial charge is 0.271 e. The molecule has 6 nitrogen and oxygen atoms in total. The number of carbonyl (C=O) groups excluding carboxylic acids is 1. The molecule has 1 N–H and O–H groups in total. The van der Waals surface area contributed by atoms with Gasteiger partial charge in [0, 0.05) is 17.0 Å². The van der Waals surface area contributed by atoms with E-state index in [1.807, 2.05) is 48.0 Å². The second kappa shape index (κ2) is 6.23. The normalized spacial score (nSPS) is 10.9. The number of benzene rings is 1. The molecular formula is C17H12N4O2S2. The van der Waals surface area contributed by atoms with Crippen LogP contribution in [0.1, 0.15) is 16.1 Å². The highest BCUT2D eigenvalue weighted by atomic mass is 32.1. The minimum Gasteiger partial charge on any atom is -0.298 e. The first-order chi connectivity index (χ1) is 12.1. The molecule has 0 aliphatic heterocycles. The molecule has 3 aromatic heterocycles. The van der Waals surface area contributed by atoms with E-state index in [2.05, 4.69) is 15.3 Å². The molecule has 0 aliphatic carbocycles. The molecule has 0 unspecified atom stereocenters. The molecule has 25 heavy (non-hydrogen) atoms. The minimum atomic E-state index is -0.508. The first-order valence-corrected chi connectivity index (χ1v) is 9.17. The molecule has 0 saturated carbocycles. The van der Waals surface area contributed by atoms with Gasteiger partial charge in [-0.15, -0.1) is 22.7 Å². The standard InChI is InChI=1S/C17H12N4O2S2/c1-10-8-24-16(19-10)20-14(22)12-7-18-17-21(15(12)23)13(9-25-17)11-5-3-2-4-6-11/h2-9H,1H3,(H,19,20,22). The van der Waals surface area contributed by atoms with Gasteiger partial charge in [0.1, 0.15) is 5.56 Å². The highest BCUT2D eigenvalue weighted by Crippen LogP contribution is 2.23. The van der Waals surface area contributed by atoms with Crippen molar-refractivity contribution in [2.75, 3.05) is 5.32 Å². The Kier molecular flexibility index (Phi) is 3.90. The lowest BCUT2D eigenvalue weighted by Gasteiger charge is -2.04. The number of nitrogens with zero attached hydrogens (tertiary/aromatic N) is 3. The van der Waals surface area contributed by atoms with Gasteiger partial charge in [-0.2, -0.15) is 0 Å². The average Bonchev–Trinajstić information content (AvgIpc) is 3.22. The summed E-state index contributed by atoms with van der Waals surface area (Å²) in [7, 11) is 0. The van der Waals surface area contributed by atoms with Gasteiger partial charge in [-0.1, -0.05) is 30.3 Å². The van der Waals surface area contributed by atoms with Crippen molar-refractivity contribution in [3.8, 4) is 11.3 Å². The summed E-state index contributed by atoms with van der Waals surface area (Å²) in [5, 5.41) is 6.81. The van der Waals surface area contributed by atoms with Crippen molar-refractivity contribution < 1.29 is 4.79 Å². The second-order valence-electron chi connectivity index (χ2n) is 5.33. The van der Waals surface area contributed by atoms with E-state index in [4.69, 9.17) is 0 Å². The highest BCUT2D eigenvalue weighted by Gasteiger charge is 2.18. The topological polar surface area (TPSA) is 76.4 Å². The Bertz CT molecular complexity index is 1130. The number of rotatable bonds is 3. The molecule has 1 aromatic carbocycles. The third-order valence-corrected chi connectivity index (χ3v) is 5.31. The molecule has 3 heterocycles. The zero-order chi connectivity index (χ0) is 17.4. The lowest BCUT2D eigenvalue weighted by Crippen LogP contribution is -2.26. The van der Waals surface area contributed by atoms with E-state index in [1.54, 1.807) is 0 Å². The number of hydrogen-bond donors (Lipinski definition) is 1. The molecule has 0 spiro atoms. The molecule has 0 bridgehead atoms. The van der Waals surface area contributed by atoms with Crippen molar-refractivity contribution in [2.45, 2.75) is 6.92 Å². The summed E-state index contributed by atoms with van der Waals surface area (Å²) in [4.78, 5) is 34.3. The molecular weight excluding hydrogens is 356 g/mol. The Morgan fingerprint density at radius 2 is 1.96 bits per heavy atom. The van der Waals surface area contributed by atoms with Gasteiger partial charge < -0.3 is 0 Å². The SMILES string of the molecule is Cc1csc(NC(=O)c2cnc3scc(-c4ccccc4)n3c2=O)n1. The maximum Gasteiger partial charge on any atom is 0.271 e. The van der Waals surface area contributed by atoms with Crippen LogP contribution in [0.15, 0.2) is 52.1 Å². The van der Waals surface area contributed by atoms with E-state index >= 15 is 0 Å². The third kappa shape index (κ3) is 2.86. The molecule has 4 rings (SSSR count). The van der Waals surface area contributed by atoms with Crippen molar-refractivity contribution in [1.29, 1.82) is 0 Å². The fourth-order valence-electron chi connectivity index (χ4n) is 2.43. The van der Waals surface area contributed by atoms with E-state index in [9.17, 15) is 9.59 Å². The van der Waals surface area contributed by atoms with Crippen LogP contribution in [0, 0.1) is 6.92 Å². The van der Waals surface area contributed by atoms with Gasteiger partial charge in [0.05, 0.1) is 11.4 Å². The van der Waals surface area contributed by atoms with Crippen LogP contribution in [0.25, 0.3) is 16.2 Å². The van der Waals surface area contributed by atoms with Crippen LogP contribution in [0.5, 0.6) is 0 Å². The summed E-state index contributed by atoms with van der Waals surface area (Å²) >= 11 is 2.67. The van der Waals surface area contributed by atoms with Gasteiger partial charge in [-0.3, -0.25) is 19.3 Å². The fourth-order valence-corrected chi connectivity index (χ4v) is 3.98. The summed E-state index contributed by atoms with van der Waals surface area (Å²) in [6.07, 6.45) is 1.32. The lowest BCUT2D eigenvalue weighted by molar-refractivity contribution is 0.102. The number of aromatic nitrogens is 3. The Morgan fingerprint density at radius 1 is 1.16 bits per heavy atom. The third-order valence-electron chi connectivity index (χ3n) is 3.60. The van der Waals surface area contributed by atoms with Gasteiger partial charge in [-0.25, -0.2) is 9.97 Å². The highest BCUT2D eigenvalue weighted by molar-refractivity contribution is 7.15. The summed E-state index contributed by atoms with van der Waals surface area (Å²) in [6.45, 7) is 1.84. The van der Waals surface area contributed by atoms with Crippen molar-refractivity contribution in [1.82, 2.24) is 14.4 Å². The Hall–Kier alpha value is -2.84. The van der Waals surface area contributed by atoms with Crippen molar-refractivity contribution in [2.24, 2.45) is 0 Å². The van der Waals surface area contributed by atoms with E-state index < -0.39 is 11.5 Å². The molecule has 4 aromatic rings. The molecule has 0 fully saturated rings. The van der Waals surface area contributed by atoms with Gasteiger partial charge in [0.15, 0.2) is 10.1 Å². The van der Waals surface area contributed by atoms with E-state index in [0.717, 1.165) is 17.0 Å². The largest absolute Gasteiger partial charge is 0.298 e. The predicted molar refractivity (Wildman–Crippen MR) is 99.6 cm³/mol. The predicted octanol–water partition coefficient (Wildman–Crippen LogP) is 3.44. The Balaban J connectivity index is 1.79. The van der Waals surface area contributed by atoms with Crippen molar-refractivity contribution >= 4 is 38.7 Å². The van der Waals surface area contributed by atoms with Gasteiger partial charge in [0.2, 0.25) is 0 Å². The minimum absolute atomic E-state index is 0.0130. The molecule has 0 saturated heterocycles. The van der Waals surface area contributed by atoms with Crippen LogP contribution < -0.4 is 10.9 Å². The first-order valence-electron chi connectivity index (χ1n) is 7.41. The van der Waals surface area contributed by atoms with E-state index in [-0.39, 0.29) is 5.56 Å². The number of hydrogen-bond acceptors (Lipinski definition) is 6. The van der Waals surface area contributed by atoms with Crippen LogP contribution in [-0.4, -0.2) is 20.3 Å². The maximum atomic E-state index is 12.9. The fraction of sp³-hybridized carbons (Fsp3) is 0.0588. The molecule has 0 atom stereocenters. The number of amides is 1. The van der Waals surface area contributed by atoms with E-state index in [0.29, 0.717) is 10.1 Å². The second-order valence-corrected chi connectivity index (χ2v) is 7.02. The Morgan fingerprint density at radius 3 is 2.68 bits per heavy atom. The van der Waals surface area contributed by atoms with Gasteiger partial charge >= 0.3 is 0 Å². The summed E-state index contributed by atoms with van der Waals surface area (Å²) in [6, 6.07) is 9.54. The van der Waals surface area contributed by atoms with Crippen LogP contribution in [0.4, 0.5) is 5.13 Å². The first kappa shape index (κ1) is 15.7. The number of thiazole rings is 2. The van der Waals surface area contributed by atoms with Crippen LogP contribution in [0.2, 0.25) is 0 Å². The molecule has 0 aliphatic rings. The zero-order valence-electron chi connectivity index (χ0n) is 13.1. The van der Waals surface area contributed by atoms with Crippen molar-refractivity contribution in [3.05, 3.63) is 68.9 Å². The van der Waals surface area contributed by atoms with Crippen molar-refractivity contribution in [3.63, 3.8) is 0 Å².